The van der Waals surface area contributed by atoms with E-state index in [1.54, 1.807) is 24.3 Å². The maximum Gasteiger partial charge on any atom is 0.255 e. The van der Waals surface area contributed by atoms with Crippen LogP contribution in [0.1, 0.15) is 48.4 Å². The van der Waals surface area contributed by atoms with Crippen molar-refractivity contribution < 1.29 is 19.1 Å². The van der Waals surface area contributed by atoms with Crippen LogP contribution < -0.4 is 20.1 Å². The first kappa shape index (κ1) is 26.7. The molecule has 0 unspecified atom stereocenters. The first-order valence-corrected chi connectivity index (χ1v) is 12.9. The SMILES string of the molecule is CC(C)COc1cccc(C(=O)Nc2cccc3c(NC(=O)c4cccc(OCC(C)C)c4)cccc23)c1. The fraction of sp³-hybridized carbons (Fsp3) is 0.250. The van der Waals surface area contributed by atoms with Crippen LogP contribution in [0, 0.1) is 11.8 Å². The Kier molecular flexibility index (Phi) is 8.64. The number of carbonyl (C=O) groups is 2. The van der Waals surface area contributed by atoms with E-state index in [0.29, 0.717) is 59.1 Å². The zero-order valence-electron chi connectivity index (χ0n) is 22.3. The number of nitrogens with one attached hydrogen (secondary N) is 2. The molecule has 0 aliphatic carbocycles. The van der Waals surface area contributed by atoms with E-state index in [0.717, 1.165) is 10.8 Å². The molecule has 196 valence electrons. The summed E-state index contributed by atoms with van der Waals surface area (Å²) in [5, 5.41) is 7.66. The van der Waals surface area contributed by atoms with Crippen molar-refractivity contribution in [1.29, 1.82) is 0 Å². The first-order chi connectivity index (χ1) is 18.3. The third-order valence-corrected chi connectivity index (χ3v) is 5.78. The lowest BCUT2D eigenvalue weighted by Crippen LogP contribution is -2.14. The van der Waals surface area contributed by atoms with Gasteiger partial charge in [-0.2, -0.15) is 0 Å². The monoisotopic (exact) mass is 510 g/mol. The molecule has 0 aliphatic rings. The number of ether oxygens (including phenoxy) is 2. The zero-order chi connectivity index (χ0) is 27.1. The Morgan fingerprint density at radius 1 is 0.605 bits per heavy atom. The molecule has 0 bridgehead atoms. The molecule has 0 aromatic heterocycles. The third-order valence-electron chi connectivity index (χ3n) is 5.78. The number of carbonyl (C=O) groups excluding carboxylic acids is 2. The van der Waals surface area contributed by atoms with Crippen molar-refractivity contribution in [3.63, 3.8) is 0 Å². The fourth-order valence-corrected chi connectivity index (χ4v) is 3.90. The molecular weight excluding hydrogens is 476 g/mol. The van der Waals surface area contributed by atoms with Crippen LogP contribution in [0.25, 0.3) is 10.8 Å². The van der Waals surface area contributed by atoms with Crippen molar-refractivity contribution in [2.75, 3.05) is 23.8 Å². The Morgan fingerprint density at radius 3 is 1.39 bits per heavy atom. The molecule has 4 aromatic carbocycles. The van der Waals surface area contributed by atoms with Crippen LogP contribution in [0.2, 0.25) is 0 Å². The quantitative estimate of drug-likeness (QED) is 0.233. The van der Waals surface area contributed by atoms with E-state index in [1.807, 2.05) is 60.7 Å². The number of rotatable bonds is 10. The minimum atomic E-state index is -0.236. The fourth-order valence-electron chi connectivity index (χ4n) is 3.90. The Labute approximate surface area is 224 Å². The van der Waals surface area contributed by atoms with Gasteiger partial charge < -0.3 is 20.1 Å². The molecule has 2 N–H and O–H groups in total. The smallest absolute Gasteiger partial charge is 0.255 e. The van der Waals surface area contributed by atoms with Crippen LogP contribution in [-0.4, -0.2) is 25.0 Å². The number of anilines is 2. The van der Waals surface area contributed by atoms with Gasteiger partial charge in [0.15, 0.2) is 0 Å². The molecule has 2 amide bonds. The number of amides is 2. The standard InChI is InChI=1S/C32H34N2O4/c1-21(2)19-37-25-11-5-9-23(17-25)31(35)33-29-15-7-14-28-27(29)13-8-16-30(28)34-32(36)24-10-6-12-26(18-24)38-20-22(3)4/h5-18,21-22H,19-20H2,1-4H3,(H,33,35)(H,34,36). The molecular formula is C32H34N2O4. The highest BCUT2D eigenvalue weighted by Crippen LogP contribution is 2.30. The Bertz CT molecular complexity index is 1320. The highest BCUT2D eigenvalue weighted by molar-refractivity contribution is 6.14. The van der Waals surface area contributed by atoms with Crippen LogP contribution in [0.5, 0.6) is 11.5 Å². The van der Waals surface area contributed by atoms with E-state index >= 15 is 0 Å². The zero-order valence-corrected chi connectivity index (χ0v) is 22.3. The van der Waals surface area contributed by atoms with Crippen LogP contribution in [-0.2, 0) is 0 Å². The molecule has 0 heterocycles. The van der Waals surface area contributed by atoms with Crippen LogP contribution in [0.15, 0.2) is 84.9 Å². The van der Waals surface area contributed by atoms with E-state index in [1.165, 1.54) is 0 Å². The van der Waals surface area contributed by atoms with Crippen LogP contribution in [0.4, 0.5) is 11.4 Å². The summed E-state index contributed by atoms with van der Waals surface area (Å²) in [4.78, 5) is 26.1. The van der Waals surface area contributed by atoms with Gasteiger partial charge in [-0.15, -0.1) is 0 Å². The van der Waals surface area contributed by atoms with Gasteiger partial charge in [-0.05, 0) is 60.4 Å². The summed E-state index contributed by atoms with van der Waals surface area (Å²) in [5.41, 5.74) is 2.32. The van der Waals surface area contributed by atoms with Crippen molar-refractivity contribution in [3.8, 4) is 11.5 Å². The molecule has 0 saturated carbocycles. The lowest BCUT2D eigenvalue weighted by Gasteiger charge is -2.14. The summed E-state index contributed by atoms with van der Waals surface area (Å²) in [6.45, 7) is 9.47. The topological polar surface area (TPSA) is 76.7 Å². The molecule has 4 rings (SSSR count). The molecule has 0 aliphatic heterocycles. The third kappa shape index (κ3) is 6.91. The Balaban J connectivity index is 1.53. The molecule has 38 heavy (non-hydrogen) atoms. The van der Waals surface area contributed by atoms with Gasteiger partial charge in [0.05, 0.1) is 13.2 Å². The normalized spacial score (nSPS) is 11.0. The summed E-state index contributed by atoms with van der Waals surface area (Å²) in [7, 11) is 0. The second kappa shape index (κ2) is 12.3. The number of benzene rings is 4. The second-order valence-corrected chi connectivity index (χ2v) is 10.1. The molecule has 0 atom stereocenters. The van der Waals surface area contributed by atoms with Crippen LogP contribution in [0.3, 0.4) is 0 Å². The molecule has 6 heteroatoms. The maximum atomic E-state index is 13.1. The predicted octanol–water partition coefficient (Wildman–Crippen LogP) is 7.41. The average molecular weight is 511 g/mol. The van der Waals surface area contributed by atoms with Crippen molar-refractivity contribution in [1.82, 2.24) is 0 Å². The number of hydrogen-bond acceptors (Lipinski definition) is 4. The highest BCUT2D eigenvalue weighted by Gasteiger charge is 2.13. The molecule has 0 saturated heterocycles. The molecule has 0 radical (unpaired) electrons. The summed E-state index contributed by atoms with van der Waals surface area (Å²) < 4.78 is 11.5. The van der Waals surface area contributed by atoms with Crippen molar-refractivity contribution in [2.24, 2.45) is 11.8 Å². The summed E-state index contributed by atoms with van der Waals surface area (Å²) >= 11 is 0. The molecule has 0 spiro atoms. The van der Waals surface area contributed by atoms with Gasteiger partial charge in [-0.1, -0.05) is 64.1 Å². The summed E-state index contributed by atoms with van der Waals surface area (Å²) in [6.07, 6.45) is 0. The summed E-state index contributed by atoms with van der Waals surface area (Å²) in [6, 6.07) is 25.6. The second-order valence-electron chi connectivity index (χ2n) is 10.1. The molecule has 0 fully saturated rings. The van der Waals surface area contributed by atoms with E-state index < -0.39 is 0 Å². The van der Waals surface area contributed by atoms with E-state index in [9.17, 15) is 9.59 Å². The van der Waals surface area contributed by atoms with Gasteiger partial charge in [0.25, 0.3) is 11.8 Å². The van der Waals surface area contributed by atoms with Gasteiger partial charge >= 0.3 is 0 Å². The average Bonchev–Trinajstić information content (AvgIpc) is 2.91. The number of hydrogen-bond donors (Lipinski definition) is 2. The first-order valence-electron chi connectivity index (χ1n) is 12.9. The minimum absolute atomic E-state index is 0.236. The Hall–Kier alpha value is -4.32. The van der Waals surface area contributed by atoms with E-state index in [4.69, 9.17) is 9.47 Å². The van der Waals surface area contributed by atoms with Crippen LogP contribution >= 0.6 is 0 Å². The van der Waals surface area contributed by atoms with Crippen molar-refractivity contribution >= 4 is 34.0 Å². The summed E-state index contributed by atoms with van der Waals surface area (Å²) in [5.74, 6) is 1.63. The van der Waals surface area contributed by atoms with Crippen molar-refractivity contribution in [2.45, 2.75) is 27.7 Å². The van der Waals surface area contributed by atoms with Gasteiger partial charge in [-0.25, -0.2) is 0 Å². The van der Waals surface area contributed by atoms with Gasteiger partial charge in [0.2, 0.25) is 0 Å². The van der Waals surface area contributed by atoms with Gasteiger partial charge in [0, 0.05) is 33.3 Å². The predicted molar refractivity (Wildman–Crippen MR) is 153 cm³/mol. The lowest BCUT2D eigenvalue weighted by molar-refractivity contribution is 0.101. The number of fused-ring (bicyclic) bond motifs is 1. The van der Waals surface area contributed by atoms with Gasteiger partial charge in [0.1, 0.15) is 11.5 Å². The Morgan fingerprint density at radius 2 is 1.00 bits per heavy atom. The minimum Gasteiger partial charge on any atom is -0.493 e. The molecule has 6 nitrogen and oxygen atoms in total. The van der Waals surface area contributed by atoms with Gasteiger partial charge in [-0.3, -0.25) is 9.59 Å². The van der Waals surface area contributed by atoms with E-state index in [-0.39, 0.29) is 11.8 Å². The largest absolute Gasteiger partial charge is 0.493 e. The van der Waals surface area contributed by atoms with Crippen molar-refractivity contribution in [3.05, 3.63) is 96.1 Å². The van der Waals surface area contributed by atoms with E-state index in [2.05, 4.69) is 38.3 Å². The lowest BCUT2D eigenvalue weighted by atomic mass is 10.1. The maximum absolute atomic E-state index is 13.1. The molecule has 4 aromatic rings. The highest BCUT2D eigenvalue weighted by atomic mass is 16.5.